The van der Waals surface area contributed by atoms with Gasteiger partial charge in [0.2, 0.25) is 0 Å². The number of fused-ring (bicyclic) bond motifs is 1. The highest BCUT2D eigenvalue weighted by atomic mass is 35.5. The quantitative estimate of drug-likeness (QED) is 0.394. The lowest BCUT2D eigenvalue weighted by Gasteiger charge is -2.23. The molecule has 1 aromatic heterocycles. The van der Waals surface area contributed by atoms with E-state index < -0.39 is 0 Å². The fourth-order valence-corrected chi connectivity index (χ4v) is 4.77. The van der Waals surface area contributed by atoms with E-state index in [1.165, 1.54) is 11.1 Å². The van der Waals surface area contributed by atoms with Crippen molar-refractivity contribution < 1.29 is 4.79 Å². The van der Waals surface area contributed by atoms with Crippen molar-refractivity contribution in [1.82, 2.24) is 9.88 Å². The van der Waals surface area contributed by atoms with Gasteiger partial charge in [0, 0.05) is 30.9 Å². The highest BCUT2D eigenvalue weighted by Gasteiger charge is 2.22. The first kappa shape index (κ1) is 26.1. The van der Waals surface area contributed by atoms with E-state index in [-0.39, 0.29) is 18.3 Å². The Balaban J connectivity index is 0.00000363. The second-order valence-electron chi connectivity index (χ2n) is 8.18. The molecule has 0 saturated heterocycles. The van der Waals surface area contributed by atoms with Crippen molar-refractivity contribution in [2.45, 2.75) is 34.1 Å². The fraction of sp³-hybridized carbons (Fsp3) is 0.440. The summed E-state index contributed by atoms with van der Waals surface area (Å²) < 4.78 is 1.13. The van der Waals surface area contributed by atoms with Gasteiger partial charge in [-0.1, -0.05) is 17.4 Å². The van der Waals surface area contributed by atoms with Gasteiger partial charge in [0.15, 0.2) is 5.13 Å². The molecule has 32 heavy (non-hydrogen) atoms. The molecule has 3 rings (SSSR count). The summed E-state index contributed by atoms with van der Waals surface area (Å²) in [5.74, 6) is 0.0123. The Morgan fingerprint density at radius 2 is 1.62 bits per heavy atom. The molecule has 3 aromatic rings. The lowest BCUT2D eigenvalue weighted by molar-refractivity contribution is 0.0986. The van der Waals surface area contributed by atoms with Crippen LogP contribution in [0.25, 0.3) is 10.2 Å². The molecule has 0 N–H and O–H groups in total. The first-order valence-electron chi connectivity index (χ1n) is 11.0. The molecule has 5 nitrogen and oxygen atoms in total. The lowest BCUT2D eigenvalue weighted by Crippen LogP contribution is -2.33. The average molecular weight is 475 g/mol. The van der Waals surface area contributed by atoms with Crippen molar-refractivity contribution in [2.75, 3.05) is 50.1 Å². The maximum Gasteiger partial charge on any atom is 0.260 e. The molecule has 1 heterocycles. The fourth-order valence-electron chi connectivity index (χ4n) is 3.72. The number of hydrogen-bond donors (Lipinski definition) is 0. The first-order valence-corrected chi connectivity index (χ1v) is 11.9. The van der Waals surface area contributed by atoms with Gasteiger partial charge in [-0.3, -0.25) is 9.69 Å². The number of aryl methyl sites for hydroxylation is 2. The van der Waals surface area contributed by atoms with Gasteiger partial charge in [0.25, 0.3) is 5.91 Å². The zero-order valence-corrected chi connectivity index (χ0v) is 21.6. The third-order valence-electron chi connectivity index (χ3n) is 5.78. The van der Waals surface area contributed by atoms with Crippen molar-refractivity contribution in [1.29, 1.82) is 0 Å². The maximum absolute atomic E-state index is 13.5. The molecular formula is C25H35ClN4OS. The molecule has 0 saturated carbocycles. The van der Waals surface area contributed by atoms with Crippen molar-refractivity contribution in [3.05, 3.63) is 53.1 Å². The summed E-state index contributed by atoms with van der Waals surface area (Å²) in [5, 5.41) is 0.778. The highest BCUT2D eigenvalue weighted by Crippen LogP contribution is 2.33. The second-order valence-corrected chi connectivity index (χ2v) is 9.19. The molecule has 0 aliphatic heterocycles. The van der Waals surface area contributed by atoms with Crippen LogP contribution in [0.4, 0.5) is 10.8 Å². The van der Waals surface area contributed by atoms with E-state index >= 15 is 0 Å². The van der Waals surface area contributed by atoms with Gasteiger partial charge in [-0.05, 0) is 96.2 Å². The van der Waals surface area contributed by atoms with Crippen LogP contribution in [0.2, 0.25) is 0 Å². The van der Waals surface area contributed by atoms with Gasteiger partial charge in [-0.2, -0.15) is 0 Å². The number of thiazole rings is 1. The molecule has 1 amide bonds. The standard InChI is InChI=1S/C25H34N4OS.ClH/c1-7-28(8-2)21-13-11-20(12-14-21)24(30)29(17-9-16-27(5)6)25-26-23-19(4)18(3)10-15-22(23)31-25;/h10-15H,7-9,16-17H2,1-6H3;1H. The minimum atomic E-state index is 0. The van der Waals surface area contributed by atoms with E-state index in [1.807, 2.05) is 29.2 Å². The van der Waals surface area contributed by atoms with E-state index in [4.69, 9.17) is 4.98 Å². The molecule has 174 valence electrons. The minimum absolute atomic E-state index is 0. The Morgan fingerprint density at radius 3 is 2.22 bits per heavy atom. The van der Waals surface area contributed by atoms with Crippen LogP contribution >= 0.6 is 23.7 Å². The smallest absolute Gasteiger partial charge is 0.260 e. The predicted molar refractivity (Wildman–Crippen MR) is 141 cm³/mol. The summed E-state index contributed by atoms with van der Waals surface area (Å²) in [5.41, 5.74) is 5.26. The van der Waals surface area contributed by atoms with Crippen LogP contribution in [0.1, 0.15) is 41.8 Å². The van der Waals surface area contributed by atoms with Crippen LogP contribution in [0, 0.1) is 13.8 Å². The Hall–Kier alpha value is -2.15. The number of hydrogen-bond acceptors (Lipinski definition) is 5. The molecule has 0 aliphatic rings. The van der Waals surface area contributed by atoms with Crippen molar-refractivity contribution in [2.24, 2.45) is 0 Å². The first-order chi connectivity index (χ1) is 14.8. The summed E-state index contributed by atoms with van der Waals surface area (Å²) in [6, 6.07) is 12.2. The number of nitrogens with zero attached hydrogens (tertiary/aromatic N) is 4. The molecule has 0 spiro atoms. The van der Waals surface area contributed by atoms with E-state index in [9.17, 15) is 4.79 Å². The molecule has 0 radical (unpaired) electrons. The van der Waals surface area contributed by atoms with Crippen LogP contribution in [0.5, 0.6) is 0 Å². The normalized spacial score (nSPS) is 11.0. The number of anilines is 2. The zero-order valence-electron chi connectivity index (χ0n) is 20.0. The molecule has 0 unspecified atom stereocenters. The van der Waals surface area contributed by atoms with Crippen LogP contribution in [0.3, 0.4) is 0 Å². The minimum Gasteiger partial charge on any atom is -0.372 e. The van der Waals surface area contributed by atoms with Crippen LogP contribution in [-0.2, 0) is 0 Å². The number of carbonyl (C=O) groups is 1. The lowest BCUT2D eigenvalue weighted by atomic mass is 10.1. The number of amides is 1. The topological polar surface area (TPSA) is 39.7 Å². The molecule has 7 heteroatoms. The van der Waals surface area contributed by atoms with E-state index in [0.717, 1.165) is 47.1 Å². The second kappa shape index (κ2) is 11.6. The SMILES string of the molecule is CCN(CC)c1ccc(C(=O)N(CCCN(C)C)c2nc3c(C)c(C)ccc3s2)cc1.Cl. The molecule has 0 aliphatic carbocycles. The van der Waals surface area contributed by atoms with Crippen LogP contribution < -0.4 is 9.80 Å². The monoisotopic (exact) mass is 474 g/mol. The average Bonchev–Trinajstić information content (AvgIpc) is 3.19. The molecular weight excluding hydrogens is 440 g/mol. The summed E-state index contributed by atoms with van der Waals surface area (Å²) in [6.07, 6.45) is 0.893. The van der Waals surface area contributed by atoms with Gasteiger partial charge < -0.3 is 9.80 Å². The molecule has 2 aromatic carbocycles. The number of rotatable bonds is 9. The number of benzene rings is 2. The Morgan fingerprint density at radius 1 is 0.969 bits per heavy atom. The molecule has 0 bridgehead atoms. The van der Waals surface area contributed by atoms with Crippen molar-refractivity contribution >= 4 is 50.7 Å². The largest absolute Gasteiger partial charge is 0.372 e. The Bertz CT molecular complexity index is 1030. The molecule has 0 fully saturated rings. The van der Waals surface area contributed by atoms with Crippen LogP contribution in [-0.4, -0.2) is 56.1 Å². The number of halogens is 1. The van der Waals surface area contributed by atoms with Crippen molar-refractivity contribution in [3.63, 3.8) is 0 Å². The highest BCUT2D eigenvalue weighted by molar-refractivity contribution is 7.22. The third-order valence-corrected chi connectivity index (χ3v) is 6.82. The number of aromatic nitrogens is 1. The van der Waals surface area contributed by atoms with Gasteiger partial charge in [-0.15, -0.1) is 12.4 Å². The van der Waals surface area contributed by atoms with Crippen LogP contribution in [0.15, 0.2) is 36.4 Å². The molecule has 0 atom stereocenters. The van der Waals surface area contributed by atoms with Gasteiger partial charge in [0.1, 0.15) is 0 Å². The summed E-state index contributed by atoms with van der Waals surface area (Å²) in [4.78, 5) is 24.7. The predicted octanol–water partition coefficient (Wildman–Crippen LogP) is 5.78. The zero-order chi connectivity index (χ0) is 22.5. The Kier molecular flexibility index (Phi) is 9.49. The van der Waals surface area contributed by atoms with Gasteiger partial charge >= 0.3 is 0 Å². The summed E-state index contributed by atoms with van der Waals surface area (Å²) >= 11 is 1.60. The van der Waals surface area contributed by atoms with Gasteiger partial charge in [0.05, 0.1) is 10.2 Å². The van der Waals surface area contributed by atoms with E-state index in [0.29, 0.717) is 12.1 Å². The Labute approximate surface area is 202 Å². The maximum atomic E-state index is 13.5. The summed E-state index contributed by atoms with van der Waals surface area (Å²) in [7, 11) is 4.11. The van der Waals surface area contributed by atoms with Crippen molar-refractivity contribution in [3.8, 4) is 0 Å². The summed E-state index contributed by atoms with van der Waals surface area (Å²) in [6.45, 7) is 12.0. The number of carbonyl (C=O) groups excluding carboxylic acids is 1. The third kappa shape index (κ3) is 5.80. The van der Waals surface area contributed by atoms with Gasteiger partial charge in [-0.25, -0.2) is 4.98 Å². The van der Waals surface area contributed by atoms with E-state index in [2.05, 4.69) is 63.7 Å². The van der Waals surface area contributed by atoms with E-state index in [1.54, 1.807) is 11.3 Å².